The van der Waals surface area contributed by atoms with Crippen molar-refractivity contribution in [1.29, 1.82) is 0 Å². The summed E-state index contributed by atoms with van der Waals surface area (Å²) < 4.78 is 0. The maximum absolute atomic E-state index is 12.5. The molecule has 7 heteroatoms. The van der Waals surface area contributed by atoms with Crippen LogP contribution in [0.4, 0.5) is 0 Å². The fourth-order valence-corrected chi connectivity index (χ4v) is 4.28. The van der Waals surface area contributed by atoms with Crippen LogP contribution in [0.3, 0.4) is 0 Å². The Hall–Kier alpha value is -2.41. The first kappa shape index (κ1) is 19.9. The lowest BCUT2D eigenvalue weighted by atomic mass is 10.1. The molecule has 0 unspecified atom stereocenters. The van der Waals surface area contributed by atoms with Crippen LogP contribution in [0.1, 0.15) is 37.9 Å². The minimum Gasteiger partial charge on any atom is -0.342 e. The number of aromatic nitrogens is 2. The zero-order chi connectivity index (χ0) is 20.1. The van der Waals surface area contributed by atoms with Crippen LogP contribution in [-0.2, 0) is 16.0 Å². The van der Waals surface area contributed by atoms with Gasteiger partial charge in [-0.05, 0) is 37.8 Å². The number of likely N-dealkylation sites (tertiary alicyclic amines) is 1. The highest BCUT2D eigenvalue weighted by atomic mass is 16.2. The smallest absolute Gasteiger partial charge is 0.236 e. The summed E-state index contributed by atoms with van der Waals surface area (Å²) in [5.41, 5.74) is 2.02. The van der Waals surface area contributed by atoms with E-state index in [9.17, 15) is 9.59 Å². The number of imidazole rings is 1. The summed E-state index contributed by atoms with van der Waals surface area (Å²) in [6.07, 6.45) is 5.62. The molecule has 1 N–H and O–H groups in total. The Morgan fingerprint density at radius 3 is 2.38 bits per heavy atom. The van der Waals surface area contributed by atoms with E-state index < -0.39 is 0 Å². The first-order chi connectivity index (χ1) is 14.2. The van der Waals surface area contributed by atoms with E-state index in [0.29, 0.717) is 13.0 Å². The van der Waals surface area contributed by atoms with Gasteiger partial charge in [-0.15, -0.1) is 0 Å². The second-order valence-electron chi connectivity index (χ2n) is 8.15. The number of piperazine rings is 1. The Labute approximate surface area is 172 Å². The molecule has 1 aromatic heterocycles. The number of para-hydroxylation sites is 2. The quantitative estimate of drug-likeness (QED) is 0.810. The van der Waals surface area contributed by atoms with E-state index in [4.69, 9.17) is 0 Å². The molecule has 0 saturated carbocycles. The van der Waals surface area contributed by atoms with E-state index >= 15 is 0 Å². The van der Waals surface area contributed by atoms with Gasteiger partial charge < -0.3 is 14.8 Å². The van der Waals surface area contributed by atoms with Gasteiger partial charge in [-0.25, -0.2) is 4.98 Å². The molecule has 29 heavy (non-hydrogen) atoms. The predicted octanol–water partition coefficient (Wildman–Crippen LogP) is 2.04. The normalized spacial score (nSPS) is 18.3. The zero-order valence-electron chi connectivity index (χ0n) is 17.1. The van der Waals surface area contributed by atoms with Crippen LogP contribution in [0.25, 0.3) is 11.0 Å². The van der Waals surface area contributed by atoms with Crippen LogP contribution in [0.2, 0.25) is 0 Å². The number of rotatable bonds is 6. The second kappa shape index (κ2) is 9.39. The van der Waals surface area contributed by atoms with Gasteiger partial charge in [0.2, 0.25) is 11.8 Å². The van der Waals surface area contributed by atoms with Crippen molar-refractivity contribution in [2.24, 2.45) is 0 Å². The molecule has 0 aliphatic carbocycles. The standard InChI is InChI=1S/C22H31N5O2/c28-21(10-6-9-20-23-18-7-2-3-8-19(18)24-20)27-15-13-25(14-16-27)17-22(29)26-11-4-1-5-12-26/h2-3,7-8H,1,4-6,9-17H2,(H,23,24). The Morgan fingerprint density at radius 2 is 1.62 bits per heavy atom. The molecule has 3 heterocycles. The third-order valence-corrected chi connectivity index (χ3v) is 6.04. The van der Waals surface area contributed by atoms with Crippen molar-refractivity contribution in [3.05, 3.63) is 30.1 Å². The lowest BCUT2D eigenvalue weighted by Crippen LogP contribution is -2.52. The number of piperidine rings is 1. The molecule has 156 valence electrons. The van der Waals surface area contributed by atoms with Crippen LogP contribution in [0.15, 0.2) is 24.3 Å². The summed E-state index contributed by atoms with van der Waals surface area (Å²) in [7, 11) is 0. The molecule has 0 atom stereocenters. The van der Waals surface area contributed by atoms with Gasteiger partial charge in [0.15, 0.2) is 0 Å². The molecule has 1 aromatic carbocycles. The molecule has 7 nitrogen and oxygen atoms in total. The number of nitrogens with zero attached hydrogens (tertiary/aromatic N) is 4. The van der Waals surface area contributed by atoms with Crippen LogP contribution >= 0.6 is 0 Å². The summed E-state index contributed by atoms with van der Waals surface area (Å²) in [6.45, 7) is 5.32. The molecule has 2 fully saturated rings. The number of fused-ring (bicyclic) bond motifs is 1. The van der Waals surface area contributed by atoms with Crippen molar-refractivity contribution < 1.29 is 9.59 Å². The highest BCUT2D eigenvalue weighted by molar-refractivity contribution is 5.79. The van der Waals surface area contributed by atoms with Crippen molar-refractivity contribution in [1.82, 2.24) is 24.7 Å². The highest BCUT2D eigenvalue weighted by Crippen LogP contribution is 2.13. The van der Waals surface area contributed by atoms with Crippen LogP contribution in [-0.4, -0.2) is 82.3 Å². The second-order valence-corrected chi connectivity index (χ2v) is 8.15. The molecular weight excluding hydrogens is 366 g/mol. The molecule has 4 rings (SSSR count). The van der Waals surface area contributed by atoms with Gasteiger partial charge in [-0.1, -0.05) is 12.1 Å². The lowest BCUT2D eigenvalue weighted by Gasteiger charge is -2.36. The Kier molecular flexibility index (Phi) is 6.44. The molecule has 0 spiro atoms. The molecule has 2 aliphatic rings. The van der Waals surface area contributed by atoms with Gasteiger partial charge in [-0.2, -0.15) is 0 Å². The van der Waals surface area contributed by atoms with Crippen LogP contribution < -0.4 is 0 Å². The number of H-pyrrole nitrogens is 1. The summed E-state index contributed by atoms with van der Waals surface area (Å²) in [6, 6.07) is 7.99. The summed E-state index contributed by atoms with van der Waals surface area (Å²) in [5.74, 6) is 1.40. The Bertz CT molecular complexity index is 802. The number of amides is 2. The fraction of sp³-hybridized carbons (Fsp3) is 0.591. The molecule has 2 amide bonds. The third-order valence-electron chi connectivity index (χ3n) is 6.04. The first-order valence-electron chi connectivity index (χ1n) is 10.9. The largest absolute Gasteiger partial charge is 0.342 e. The van der Waals surface area contributed by atoms with Gasteiger partial charge in [-0.3, -0.25) is 14.5 Å². The first-order valence-corrected chi connectivity index (χ1v) is 10.9. The number of nitrogens with one attached hydrogen (secondary N) is 1. The number of hydrogen-bond donors (Lipinski definition) is 1. The number of hydrogen-bond acceptors (Lipinski definition) is 4. The number of benzene rings is 1. The van der Waals surface area contributed by atoms with E-state index in [0.717, 1.165) is 81.8 Å². The monoisotopic (exact) mass is 397 g/mol. The van der Waals surface area contributed by atoms with Crippen molar-refractivity contribution >= 4 is 22.8 Å². The molecule has 0 radical (unpaired) electrons. The van der Waals surface area contributed by atoms with E-state index in [1.54, 1.807) is 0 Å². The van der Waals surface area contributed by atoms with Crippen molar-refractivity contribution in [3.8, 4) is 0 Å². The summed E-state index contributed by atoms with van der Waals surface area (Å²) >= 11 is 0. The van der Waals surface area contributed by atoms with E-state index in [1.165, 1.54) is 6.42 Å². The number of aryl methyl sites for hydroxylation is 1. The Morgan fingerprint density at radius 1 is 0.897 bits per heavy atom. The summed E-state index contributed by atoms with van der Waals surface area (Å²) in [5, 5.41) is 0. The molecule has 0 bridgehead atoms. The number of aromatic amines is 1. The van der Waals surface area contributed by atoms with Crippen LogP contribution in [0, 0.1) is 0 Å². The van der Waals surface area contributed by atoms with Crippen LogP contribution in [0.5, 0.6) is 0 Å². The van der Waals surface area contributed by atoms with Gasteiger partial charge in [0, 0.05) is 52.1 Å². The minimum atomic E-state index is 0.211. The van der Waals surface area contributed by atoms with E-state index in [1.807, 2.05) is 34.1 Å². The lowest BCUT2D eigenvalue weighted by molar-refractivity contribution is -0.135. The molecule has 2 aliphatic heterocycles. The van der Waals surface area contributed by atoms with Crippen molar-refractivity contribution in [3.63, 3.8) is 0 Å². The third kappa shape index (κ3) is 5.15. The Balaban J connectivity index is 1.16. The van der Waals surface area contributed by atoms with Gasteiger partial charge in [0.25, 0.3) is 0 Å². The van der Waals surface area contributed by atoms with E-state index in [2.05, 4.69) is 14.9 Å². The maximum Gasteiger partial charge on any atom is 0.236 e. The van der Waals surface area contributed by atoms with E-state index in [-0.39, 0.29) is 11.8 Å². The minimum absolute atomic E-state index is 0.211. The average Bonchev–Trinajstić information content (AvgIpc) is 3.17. The predicted molar refractivity (Wildman–Crippen MR) is 112 cm³/mol. The number of carbonyl (C=O) groups is 2. The molecular formula is C22H31N5O2. The van der Waals surface area contributed by atoms with Gasteiger partial charge in [0.05, 0.1) is 17.6 Å². The van der Waals surface area contributed by atoms with Crippen molar-refractivity contribution in [2.75, 3.05) is 45.8 Å². The van der Waals surface area contributed by atoms with Crippen molar-refractivity contribution in [2.45, 2.75) is 38.5 Å². The summed E-state index contributed by atoms with van der Waals surface area (Å²) in [4.78, 5) is 39.0. The molecule has 2 saturated heterocycles. The number of carbonyl (C=O) groups excluding carboxylic acids is 2. The highest BCUT2D eigenvalue weighted by Gasteiger charge is 2.24. The SMILES string of the molecule is O=C(CCCc1nc2ccccc2[nH]1)N1CCN(CC(=O)N2CCCCC2)CC1. The van der Waals surface area contributed by atoms with Gasteiger partial charge in [0.1, 0.15) is 5.82 Å². The zero-order valence-corrected chi connectivity index (χ0v) is 17.1. The fourth-order valence-electron chi connectivity index (χ4n) is 4.28. The maximum atomic E-state index is 12.5. The van der Waals surface area contributed by atoms with Gasteiger partial charge >= 0.3 is 0 Å². The molecule has 2 aromatic rings. The topological polar surface area (TPSA) is 72.5 Å². The average molecular weight is 398 g/mol.